The molecule has 0 saturated heterocycles. The van der Waals surface area contributed by atoms with Crippen LogP contribution in [-0.4, -0.2) is 20.4 Å². The third-order valence-electron chi connectivity index (χ3n) is 0.776. The molecule has 4 nitrogen and oxygen atoms in total. The van der Waals surface area contributed by atoms with Crippen molar-refractivity contribution in [3.63, 3.8) is 0 Å². The van der Waals surface area contributed by atoms with Gasteiger partial charge in [-0.1, -0.05) is 22.3 Å². The van der Waals surface area contributed by atoms with Crippen molar-refractivity contribution in [1.29, 1.82) is 0 Å². The molecule has 0 radical (unpaired) electrons. The van der Waals surface area contributed by atoms with Crippen molar-refractivity contribution in [1.82, 2.24) is 20.4 Å². The molecule has 0 unspecified atom stereocenters. The predicted octanol–water partition coefficient (Wildman–Crippen LogP) is -9.38. The smallest absolute Gasteiger partial charge is 0.406 e. The summed E-state index contributed by atoms with van der Waals surface area (Å²) < 4.78 is 2.07. The van der Waals surface area contributed by atoms with E-state index in [9.17, 15) is 0 Å². The minimum Gasteiger partial charge on any atom is -0.406 e. The van der Waals surface area contributed by atoms with Crippen LogP contribution in [0.4, 0.5) is 0 Å². The molecule has 0 spiro atoms. The second-order valence-corrected chi connectivity index (χ2v) is 6.20. The fourth-order valence-corrected chi connectivity index (χ4v) is 2.45. The maximum absolute atomic E-state index is 4.61. The normalized spacial score (nSPS) is 6.10. The van der Waals surface area contributed by atoms with Crippen LogP contribution in [0.15, 0.2) is 17.4 Å². The molecule has 21 heavy (non-hydrogen) atoms. The van der Waals surface area contributed by atoms with Gasteiger partial charge in [-0.15, -0.1) is 0 Å². The number of nitrogens with zero attached hydrogens (tertiary/aromatic N) is 4. The van der Waals surface area contributed by atoms with Gasteiger partial charge in [0.05, 0.1) is 0 Å². The molecular weight excluding hydrogens is 360 g/mol. The molecule has 2 rings (SSSR count). The molecule has 2 aromatic heterocycles. The van der Waals surface area contributed by atoms with Crippen LogP contribution in [0.3, 0.4) is 0 Å². The van der Waals surface area contributed by atoms with Gasteiger partial charge in [-0.05, 0) is 17.4 Å². The van der Waals surface area contributed by atoms with Crippen LogP contribution in [-0.2, 0) is 50.5 Å². The van der Waals surface area contributed by atoms with E-state index in [2.05, 4.69) is 70.9 Å². The van der Waals surface area contributed by atoms with Crippen molar-refractivity contribution < 1.29 is 75.4 Å². The average molecular weight is 372 g/mol. The summed E-state index contributed by atoms with van der Waals surface area (Å²) >= 11 is 20.9. The summed E-state index contributed by atoms with van der Waals surface area (Å²) in [6.07, 6.45) is 0. The van der Waals surface area contributed by atoms with E-state index in [0.29, 0.717) is 17.4 Å². The van der Waals surface area contributed by atoms with Crippen molar-refractivity contribution in [3.8, 4) is 0 Å². The molecule has 0 aliphatic heterocycles. The van der Waals surface area contributed by atoms with E-state index in [4.69, 9.17) is 0 Å². The zero-order valence-corrected chi connectivity index (χ0v) is 15.1. The van der Waals surface area contributed by atoms with Crippen molar-refractivity contribution in [2.45, 2.75) is 39.6 Å². The van der Waals surface area contributed by atoms with Crippen LogP contribution in [0.5, 0.6) is 0 Å². The topological polar surface area (TPSA) is 51.6 Å². The maximum atomic E-state index is 4.61. The van der Waals surface area contributed by atoms with E-state index >= 15 is 0 Å². The van der Waals surface area contributed by atoms with Crippen molar-refractivity contribution in [2.24, 2.45) is 0 Å². The molecule has 0 aliphatic rings. The predicted molar refractivity (Wildman–Crippen MR) is 82.5 cm³/mol. The first-order valence-electron chi connectivity index (χ1n) is 2.93. The Bertz CT molecular complexity index is 344. The monoisotopic (exact) mass is 372 g/mol. The first-order chi connectivity index (χ1) is 6.58. The van der Waals surface area contributed by atoms with Gasteiger partial charge in [0.25, 0.3) is 0 Å². The van der Waals surface area contributed by atoms with Crippen molar-refractivity contribution in [3.05, 3.63) is 0 Å². The Kier molecular flexibility index (Phi) is 51.2. The van der Waals surface area contributed by atoms with E-state index in [1.165, 1.54) is 22.7 Å². The molecule has 0 aliphatic carbocycles. The van der Waals surface area contributed by atoms with Crippen molar-refractivity contribution >= 4 is 73.2 Å². The van der Waals surface area contributed by atoms with Crippen LogP contribution < -0.4 is 75.4 Å². The van der Waals surface area contributed by atoms with Gasteiger partial charge >= 0.3 is 75.4 Å². The second kappa shape index (κ2) is 24.6. The minimum absolute atomic E-state index is 0. The van der Waals surface area contributed by atoms with Gasteiger partial charge in [0, 0.05) is 0 Å². The number of hydrogen-bond donors (Lipinski definition) is 0. The summed E-state index contributed by atoms with van der Waals surface area (Å²) in [7, 11) is 0. The van der Waals surface area contributed by atoms with E-state index < -0.39 is 0 Å². The zero-order valence-electron chi connectivity index (χ0n) is 10.2. The summed E-state index contributed by atoms with van der Waals surface area (Å²) in [5.74, 6) is 0. The van der Waals surface area contributed by atoms with Gasteiger partial charge < -0.3 is 73.2 Å². The van der Waals surface area contributed by atoms with Gasteiger partial charge in [-0.25, -0.2) is 0 Å². The SMILES string of the molecule is C.C.C.[Li+].[Li+].[Li+].[Li+].[S-]c1nnc([S-])s1.[S-]c1nnc([S-])s1. The molecule has 2 heterocycles. The Balaban J connectivity index is -0.0000000280. The summed E-state index contributed by atoms with van der Waals surface area (Å²) in [5, 5.41) is 14.0. The summed E-state index contributed by atoms with van der Waals surface area (Å²) in [4.78, 5) is 0. The summed E-state index contributed by atoms with van der Waals surface area (Å²) in [6, 6.07) is 0. The van der Waals surface area contributed by atoms with Crippen molar-refractivity contribution in [2.75, 3.05) is 0 Å². The van der Waals surface area contributed by atoms with Gasteiger partial charge in [0.15, 0.2) is 0 Å². The molecule has 0 saturated carbocycles. The molecule has 2 aromatic rings. The van der Waals surface area contributed by atoms with Gasteiger partial charge in [0.1, 0.15) is 0 Å². The number of hydrogen-bond acceptors (Lipinski definition) is 10. The van der Waals surface area contributed by atoms with Crippen LogP contribution in [0.2, 0.25) is 0 Å². The van der Waals surface area contributed by atoms with E-state index in [0.717, 1.165) is 0 Å². The summed E-state index contributed by atoms with van der Waals surface area (Å²) in [6.45, 7) is 0. The molecule has 0 aromatic carbocycles. The quantitative estimate of drug-likeness (QED) is 0.334. The minimum atomic E-state index is 0. The van der Waals surface area contributed by atoms with E-state index in [1.54, 1.807) is 0 Å². The summed E-state index contributed by atoms with van der Waals surface area (Å²) in [5.41, 5.74) is 0. The largest absolute Gasteiger partial charge is 1.00 e. The Labute approximate surface area is 206 Å². The Morgan fingerprint density at radius 1 is 0.476 bits per heavy atom. The first-order valence-corrected chi connectivity index (χ1v) is 6.19. The second-order valence-electron chi connectivity index (χ2n) is 1.67. The van der Waals surface area contributed by atoms with Crippen LogP contribution in [0.25, 0.3) is 0 Å². The molecule has 0 amide bonds. The van der Waals surface area contributed by atoms with E-state index in [-0.39, 0.29) is 97.7 Å². The molecular formula is C7H12Li4N4S6. The average Bonchev–Trinajstić information content (AvgIpc) is 2.63. The number of rotatable bonds is 0. The van der Waals surface area contributed by atoms with Crippen LogP contribution in [0.1, 0.15) is 22.3 Å². The zero-order chi connectivity index (χ0) is 10.6. The standard InChI is InChI=1S/2C2H2N2S3.3CH4.4Li/c2*5-1-3-4-2(6)7-1;;;;;;;/h2*(H,3,5)(H,4,6);3*1H4;;;;/q;;;;;4*+1/p-4. The maximum Gasteiger partial charge on any atom is 1.00 e. The molecule has 100 valence electrons. The van der Waals surface area contributed by atoms with E-state index in [1.807, 2.05) is 0 Å². The van der Waals surface area contributed by atoms with Gasteiger partial charge in [0.2, 0.25) is 0 Å². The van der Waals surface area contributed by atoms with Gasteiger partial charge in [-0.3, -0.25) is 0 Å². The molecule has 14 heteroatoms. The third kappa shape index (κ3) is 22.4. The fourth-order valence-electron chi connectivity index (χ4n) is 0.394. The Morgan fingerprint density at radius 2 is 0.619 bits per heavy atom. The molecule has 0 fully saturated rings. The first kappa shape index (κ1) is 43.6. The van der Waals surface area contributed by atoms with Crippen LogP contribution in [0, 0.1) is 0 Å². The third-order valence-corrected chi connectivity index (χ3v) is 3.13. The Morgan fingerprint density at radius 3 is 0.667 bits per heavy atom. The molecule has 0 bridgehead atoms. The van der Waals surface area contributed by atoms with Crippen LogP contribution >= 0.6 is 22.7 Å². The Hall–Kier alpha value is 2.39. The van der Waals surface area contributed by atoms with Gasteiger partial charge in [-0.2, -0.15) is 20.4 Å². The molecule has 0 atom stereocenters. The fraction of sp³-hybridized carbons (Fsp3) is 0.429. The molecule has 0 N–H and O–H groups in total. The number of aromatic nitrogens is 4.